The van der Waals surface area contributed by atoms with Crippen molar-refractivity contribution >= 4 is 54.8 Å². The molecule has 0 amide bonds. The van der Waals surface area contributed by atoms with E-state index in [-0.39, 0.29) is 0 Å². The lowest BCUT2D eigenvalue weighted by atomic mass is 9.97. The van der Waals surface area contributed by atoms with E-state index in [0.717, 1.165) is 93.8 Å². The molecule has 0 N–H and O–H groups in total. The molecule has 12 aromatic rings. The standard InChI is InChI=1S/C52H31N5O2/c1-2-13-32(14-3-1)51-53-48-38(22-12-26-46(48)59-51)35-17-10-15-33(29-35)34-16-11-18-36(30-34)49-54-50(37-27-28-42-41-21-6-9-25-45(41)58-47(42)31-37)56-52(55-49)57-43-23-7-4-19-39(43)40-20-5-8-24-44(40)57/h1-31H. The maximum absolute atomic E-state index is 6.31. The van der Waals surface area contributed by atoms with Crippen LogP contribution in [-0.4, -0.2) is 24.5 Å². The Balaban J connectivity index is 1.00. The van der Waals surface area contributed by atoms with Crippen molar-refractivity contribution in [2.24, 2.45) is 0 Å². The number of para-hydroxylation sites is 4. The van der Waals surface area contributed by atoms with Crippen LogP contribution in [0.25, 0.3) is 117 Å². The van der Waals surface area contributed by atoms with Gasteiger partial charge in [-0.05, 0) is 77.4 Å². The minimum atomic E-state index is 0.537. The number of fused-ring (bicyclic) bond motifs is 7. The molecule has 12 rings (SSSR count). The topological polar surface area (TPSA) is 82.8 Å². The summed E-state index contributed by atoms with van der Waals surface area (Å²) in [5.74, 6) is 2.26. The third-order valence-corrected chi connectivity index (χ3v) is 11.1. The van der Waals surface area contributed by atoms with Gasteiger partial charge in [0.15, 0.2) is 17.2 Å². The maximum Gasteiger partial charge on any atom is 0.238 e. The zero-order chi connectivity index (χ0) is 38.9. The van der Waals surface area contributed by atoms with Crippen LogP contribution in [-0.2, 0) is 0 Å². The number of furan rings is 1. The molecule has 0 bridgehead atoms. The summed E-state index contributed by atoms with van der Waals surface area (Å²) < 4.78 is 14.7. The lowest BCUT2D eigenvalue weighted by Crippen LogP contribution is -2.06. The highest BCUT2D eigenvalue weighted by atomic mass is 16.3. The lowest BCUT2D eigenvalue weighted by Gasteiger charge is -2.12. The third-order valence-electron chi connectivity index (χ3n) is 11.1. The Morgan fingerprint density at radius 1 is 0.339 bits per heavy atom. The summed E-state index contributed by atoms with van der Waals surface area (Å²) in [6, 6.07) is 64.1. The molecule has 8 aromatic carbocycles. The zero-order valence-corrected chi connectivity index (χ0v) is 31.5. The SMILES string of the molecule is c1ccc(-c2nc3c(-c4cccc(-c5cccc(-c6nc(-c7ccc8c(c7)oc7ccccc78)nc(-n7c8ccccc8c8ccccc87)n6)c5)c4)cccc3o2)cc1. The molecule has 0 radical (unpaired) electrons. The minimum Gasteiger partial charge on any atom is -0.456 e. The largest absolute Gasteiger partial charge is 0.456 e. The van der Waals surface area contributed by atoms with Crippen LogP contribution in [0.1, 0.15) is 0 Å². The van der Waals surface area contributed by atoms with Gasteiger partial charge in [-0.15, -0.1) is 0 Å². The van der Waals surface area contributed by atoms with Gasteiger partial charge >= 0.3 is 0 Å². The summed E-state index contributed by atoms with van der Waals surface area (Å²) in [5, 5.41) is 4.39. The average molecular weight is 758 g/mol. The second kappa shape index (κ2) is 13.2. The van der Waals surface area contributed by atoms with Crippen molar-refractivity contribution in [2.75, 3.05) is 0 Å². The van der Waals surface area contributed by atoms with E-state index in [1.807, 2.05) is 66.7 Å². The second-order valence-electron chi connectivity index (χ2n) is 14.7. The molecule has 0 saturated carbocycles. The molecule has 7 nitrogen and oxygen atoms in total. The number of nitrogens with zero attached hydrogens (tertiary/aromatic N) is 5. The quantitative estimate of drug-likeness (QED) is 0.168. The van der Waals surface area contributed by atoms with Gasteiger partial charge in [0.2, 0.25) is 11.8 Å². The van der Waals surface area contributed by atoms with E-state index >= 15 is 0 Å². The van der Waals surface area contributed by atoms with Gasteiger partial charge < -0.3 is 8.83 Å². The van der Waals surface area contributed by atoms with Crippen LogP contribution >= 0.6 is 0 Å². The van der Waals surface area contributed by atoms with Gasteiger partial charge in [-0.3, -0.25) is 4.57 Å². The molecular formula is C52H31N5O2. The Morgan fingerprint density at radius 3 is 1.66 bits per heavy atom. The third kappa shape index (κ3) is 5.51. The zero-order valence-electron chi connectivity index (χ0n) is 31.5. The van der Waals surface area contributed by atoms with E-state index in [0.29, 0.717) is 23.5 Å². The van der Waals surface area contributed by atoms with Crippen LogP contribution in [0.15, 0.2) is 197 Å². The number of oxazole rings is 1. The van der Waals surface area contributed by atoms with Gasteiger partial charge in [0.05, 0.1) is 11.0 Å². The van der Waals surface area contributed by atoms with Gasteiger partial charge in [0.25, 0.3) is 0 Å². The predicted octanol–water partition coefficient (Wildman–Crippen LogP) is 13.3. The highest BCUT2D eigenvalue weighted by Crippen LogP contribution is 2.37. The number of rotatable bonds is 6. The Morgan fingerprint density at radius 2 is 0.898 bits per heavy atom. The molecule has 0 aliphatic carbocycles. The molecular weight excluding hydrogens is 727 g/mol. The Labute approximate surface area is 337 Å². The minimum absolute atomic E-state index is 0.537. The number of aromatic nitrogens is 5. The van der Waals surface area contributed by atoms with Crippen molar-refractivity contribution in [3.8, 4) is 62.4 Å². The summed E-state index contributed by atoms with van der Waals surface area (Å²) in [4.78, 5) is 20.5. The highest BCUT2D eigenvalue weighted by Gasteiger charge is 2.19. The number of benzene rings is 8. The molecule has 0 atom stereocenters. The highest BCUT2D eigenvalue weighted by molar-refractivity contribution is 6.09. The fraction of sp³-hybridized carbons (Fsp3) is 0. The van der Waals surface area contributed by atoms with E-state index < -0.39 is 0 Å². The van der Waals surface area contributed by atoms with Crippen LogP contribution in [0.4, 0.5) is 0 Å². The van der Waals surface area contributed by atoms with Gasteiger partial charge in [-0.1, -0.05) is 127 Å². The first-order chi connectivity index (χ1) is 29.2. The maximum atomic E-state index is 6.31. The van der Waals surface area contributed by atoms with Crippen LogP contribution in [0, 0.1) is 0 Å². The molecule has 7 heteroatoms. The van der Waals surface area contributed by atoms with Crippen molar-refractivity contribution in [3.63, 3.8) is 0 Å². The fourth-order valence-electron chi connectivity index (χ4n) is 8.32. The molecule has 0 aliphatic heterocycles. The fourth-order valence-corrected chi connectivity index (χ4v) is 8.32. The predicted molar refractivity (Wildman–Crippen MR) is 236 cm³/mol. The van der Waals surface area contributed by atoms with E-state index in [1.165, 1.54) is 0 Å². The summed E-state index contributed by atoms with van der Waals surface area (Å²) in [7, 11) is 0. The summed E-state index contributed by atoms with van der Waals surface area (Å²) >= 11 is 0. The van der Waals surface area contributed by atoms with E-state index in [1.54, 1.807) is 0 Å². The first kappa shape index (κ1) is 33.0. The Kier molecular flexibility index (Phi) is 7.40. The van der Waals surface area contributed by atoms with E-state index in [9.17, 15) is 0 Å². The van der Waals surface area contributed by atoms with Crippen LogP contribution in [0.2, 0.25) is 0 Å². The first-order valence-corrected chi connectivity index (χ1v) is 19.5. The average Bonchev–Trinajstić information content (AvgIpc) is 4.01. The number of hydrogen-bond acceptors (Lipinski definition) is 6. The molecule has 276 valence electrons. The summed E-state index contributed by atoms with van der Waals surface area (Å²) in [6.45, 7) is 0. The van der Waals surface area contributed by atoms with Crippen LogP contribution < -0.4 is 0 Å². The summed E-state index contributed by atoms with van der Waals surface area (Å²) in [5.41, 5.74) is 12.0. The van der Waals surface area contributed by atoms with Crippen molar-refractivity contribution in [2.45, 2.75) is 0 Å². The molecule has 0 spiro atoms. The van der Waals surface area contributed by atoms with Crippen molar-refractivity contribution in [3.05, 3.63) is 188 Å². The smallest absolute Gasteiger partial charge is 0.238 e. The molecule has 0 aliphatic rings. The molecule has 4 aromatic heterocycles. The molecule has 4 heterocycles. The molecule has 59 heavy (non-hydrogen) atoms. The van der Waals surface area contributed by atoms with Gasteiger partial charge in [0, 0.05) is 43.8 Å². The van der Waals surface area contributed by atoms with E-state index in [4.69, 9.17) is 28.8 Å². The lowest BCUT2D eigenvalue weighted by molar-refractivity contribution is 0.620. The molecule has 0 fully saturated rings. The second-order valence-corrected chi connectivity index (χ2v) is 14.7. The monoisotopic (exact) mass is 757 g/mol. The van der Waals surface area contributed by atoms with Crippen LogP contribution in [0.3, 0.4) is 0 Å². The first-order valence-electron chi connectivity index (χ1n) is 19.5. The van der Waals surface area contributed by atoms with Crippen molar-refractivity contribution < 1.29 is 8.83 Å². The van der Waals surface area contributed by atoms with E-state index in [2.05, 4.69) is 126 Å². The van der Waals surface area contributed by atoms with Gasteiger partial charge in [-0.25, -0.2) is 9.97 Å². The van der Waals surface area contributed by atoms with Crippen molar-refractivity contribution in [1.82, 2.24) is 24.5 Å². The summed E-state index contributed by atoms with van der Waals surface area (Å²) in [6.07, 6.45) is 0. The molecule has 0 saturated heterocycles. The Hall–Kier alpha value is -8.16. The molecule has 0 unspecified atom stereocenters. The van der Waals surface area contributed by atoms with Crippen molar-refractivity contribution in [1.29, 1.82) is 0 Å². The number of hydrogen-bond donors (Lipinski definition) is 0. The van der Waals surface area contributed by atoms with Gasteiger partial charge in [0.1, 0.15) is 16.7 Å². The van der Waals surface area contributed by atoms with Gasteiger partial charge in [-0.2, -0.15) is 9.97 Å². The normalized spacial score (nSPS) is 11.7. The Bertz CT molecular complexity index is 3530. The van der Waals surface area contributed by atoms with Crippen LogP contribution in [0.5, 0.6) is 0 Å².